The Bertz CT molecular complexity index is 1240. The average Bonchev–Trinajstić information content (AvgIpc) is 3.39. The predicted octanol–water partition coefficient (Wildman–Crippen LogP) is 3.55. The molecule has 0 saturated heterocycles. The van der Waals surface area contributed by atoms with Crippen molar-refractivity contribution in [1.29, 1.82) is 0 Å². The van der Waals surface area contributed by atoms with E-state index >= 15 is 0 Å². The molecule has 1 aliphatic carbocycles. The number of hydrogen-bond donors (Lipinski definition) is 3. The number of aromatic nitrogens is 2. The number of nitrogens with zero attached hydrogens (tertiary/aromatic N) is 3. The zero-order valence-electron chi connectivity index (χ0n) is 20.3. The average molecular weight is 530 g/mol. The Kier molecular flexibility index (Phi) is 7.87. The number of carbonyl (C=O) groups is 1. The Morgan fingerprint density at radius 2 is 2.22 bits per heavy atom. The second-order valence-electron chi connectivity index (χ2n) is 9.41. The van der Waals surface area contributed by atoms with Crippen LogP contribution < -0.4 is 15.4 Å². The standard InChI is InChI=1S/C26H29ClFN5O4/c27-23-20-7-9-33(12-16(20)4-5-22(23)36-14-19-11-29-15-37-19)13-18(34)10-31-26(35)21-6-8-30-25(24(21)28)32-17-2-1-3-17/h4-6,8,11,15,17-18,34H,1-3,7,9-10,12-14H2,(H,30,32)(H,31,35)/t18-/m0/s1. The summed E-state index contributed by atoms with van der Waals surface area (Å²) in [4.78, 5) is 22.6. The van der Waals surface area contributed by atoms with Crippen molar-refractivity contribution in [3.8, 4) is 5.75 Å². The first kappa shape index (κ1) is 25.4. The molecule has 0 bridgehead atoms. The lowest BCUT2D eigenvalue weighted by atomic mass is 9.93. The molecule has 1 aromatic carbocycles. The van der Waals surface area contributed by atoms with Crippen molar-refractivity contribution >= 4 is 23.3 Å². The van der Waals surface area contributed by atoms with Gasteiger partial charge in [-0.15, -0.1) is 0 Å². The maximum atomic E-state index is 14.8. The van der Waals surface area contributed by atoms with Gasteiger partial charge in [-0.1, -0.05) is 17.7 Å². The lowest BCUT2D eigenvalue weighted by Crippen LogP contribution is -2.42. The van der Waals surface area contributed by atoms with Crippen LogP contribution in [0.2, 0.25) is 5.02 Å². The fourth-order valence-electron chi connectivity index (χ4n) is 4.51. The highest BCUT2D eigenvalue weighted by molar-refractivity contribution is 6.33. The van der Waals surface area contributed by atoms with Crippen molar-refractivity contribution in [2.24, 2.45) is 0 Å². The number of β-amino-alcohol motifs (C(OH)–C–C–N with tert-alkyl or cyclic N) is 1. The molecule has 196 valence electrons. The number of carbonyl (C=O) groups excluding carboxylic acids is 1. The predicted molar refractivity (Wildman–Crippen MR) is 135 cm³/mol. The van der Waals surface area contributed by atoms with E-state index in [4.69, 9.17) is 20.8 Å². The van der Waals surface area contributed by atoms with Crippen LogP contribution in [0.5, 0.6) is 5.75 Å². The topological polar surface area (TPSA) is 113 Å². The molecule has 1 atom stereocenters. The minimum Gasteiger partial charge on any atom is -0.484 e. The van der Waals surface area contributed by atoms with Crippen molar-refractivity contribution in [2.45, 2.75) is 51.0 Å². The first-order valence-electron chi connectivity index (χ1n) is 12.4. The van der Waals surface area contributed by atoms with Gasteiger partial charge < -0.3 is 24.9 Å². The van der Waals surface area contributed by atoms with Crippen LogP contribution in [0, 0.1) is 5.82 Å². The van der Waals surface area contributed by atoms with Gasteiger partial charge in [0.25, 0.3) is 5.91 Å². The monoisotopic (exact) mass is 529 g/mol. The number of oxazole rings is 1. The highest BCUT2D eigenvalue weighted by atomic mass is 35.5. The van der Waals surface area contributed by atoms with Gasteiger partial charge in [0.2, 0.25) is 0 Å². The van der Waals surface area contributed by atoms with Crippen molar-refractivity contribution in [3.05, 3.63) is 70.3 Å². The van der Waals surface area contributed by atoms with Crippen LogP contribution in [-0.2, 0) is 19.6 Å². The molecular formula is C26H29ClFN5O4. The molecular weight excluding hydrogens is 501 g/mol. The summed E-state index contributed by atoms with van der Waals surface area (Å²) in [5, 5.41) is 16.8. The molecule has 3 aromatic rings. The highest BCUT2D eigenvalue weighted by Gasteiger charge is 2.24. The number of benzene rings is 1. The van der Waals surface area contributed by atoms with E-state index in [2.05, 4.69) is 25.5 Å². The van der Waals surface area contributed by atoms with Gasteiger partial charge in [-0.25, -0.2) is 14.4 Å². The van der Waals surface area contributed by atoms with Crippen molar-refractivity contribution in [3.63, 3.8) is 0 Å². The number of aliphatic hydroxyl groups is 1. The third-order valence-electron chi connectivity index (χ3n) is 6.78. The summed E-state index contributed by atoms with van der Waals surface area (Å²) in [6.07, 6.45) is 7.28. The largest absolute Gasteiger partial charge is 0.484 e. The molecule has 9 nitrogen and oxygen atoms in total. The van der Waals surface area contributed by atoms with Crippen LogP contribution in [-0.4, -0.2) is 57.7 Å². The molecule has 3 N–H and O–H groups in total. The van der Waals surface area contributed by atoms with E-state index < -0.39 is 17.8 Å². The van der Waals surface area contributed by atoms with Crippen molar-refractivity contribution < 1.29 is 23.4 Å². The van der Waals surface area contributed by atoms with Crippen LogP contribution in [0.15, 0.2) is 41.4 Å². The Balaban J connectivity index is 1.12. The molecule has 5 rings (SSSR count). The van der Waals surface area contributed by atoms with E-state index in [9.17, 15) is 14.3 Å². The number of rotatable bonds is 10. The molecule has 1 aliphatic heterocycles. The van der Waals surface area contributed by atoms with E-state index in [0.717, 1.165) is 30.4 Å². The third-order valence-corrected chi connectivity index (χ3v) is 7.19. The molecule has 37 heavy (non-hydrogen) atoms. The molecule has 1 fully saturated rings. The summed E-state index contributed by atoms with van der Waals surface area (Å²) >= 11 is 6.60. The molecule has 2 aromatic heterocycles. The molecule has 2 aliphatic rings. The normalized spacial score (nSPS) is 16.5. The van der Waals surface area contributed by atoms with Crippen LogP contribution in [0.1, 0.15) is 46.5 Å². The van der Waals surface area contributed by atoms with Gasteiger partial charge in [0.15, 0.2) is 23.8 Å². The fraction of sp³-hybridized carbons (Fsp3) is 0.423. The number of nitrogens with one attached hydrogen (secondary N) is 2. The molecule has 1 saturated carbocycles. The lowest BCUT2D eigenvalue weighted by molar-refractivity contribution is 0.0838. The number of ether oxygens (including phenoxy) is 1. The van der Waals surface area contributed by atoms with Gasteiger partial charge in [-0.2, -0.15) is 0 Å². The second-order valence-corrected chi connectivity index (χ2v) is 9.79. The molecule has 3 heterocycles. The van der Waals surface area contributed by atoms with Crippen LogP contribution in [0.4, 0.5) is 10.2 Å². The number of halogens is 2. The van der Waals surface area contributed by atoms with Gasteiger partial charge in [0.05, 0.1) is 22.9 Å². The van der Waals surface area contributed by atoms with Crippen molar-refractivity contribution in [1.82, 2.24) is 20.2 Å². The lowest BCUT2D eigenvalue weighted by Gasteiger charge is -2.31. The summed E-state index contributed by atoms with van der Waals surface area (Å²) in [6.45, 7) is 1.90. The van der Waals surface area contributed by atoms with E-state index in [-0.39, 0.29) is 30.6 Å². The molecule has 0 radical (unpaired) electrons. The van der Waals surface area contributed by atoms with E-state index in [0.29, 0.717) is 42.6 Å². The number of aliphatic hydroxyl groups excluding tert-OH is 1. The van der Waals surface area contributed by atoms with E-state index in [1.165, 1.54) is 18.7 Å². The summed E-state index contributed by atoms with van der Waals surface area (Å²) in [6, 6.07) is 5.34. The molecule has 1 amide bonds. The Labute approximate surface area is 219 Å². The molecule has 0 spiro atoms. The zero-order chi connectivity index (χ0) is 25.8. The minimum absolute atomic E-state index is 0.00447. The number of hydrogen-bond acceptors (Lipinski definition) is 8. The van der Waals surface area contributed by atoms with E-state index in [1.54, 1.807) is 6.20 Å². The molecule has 0 unspecified atom stereocenters. The summed E-state index contributed by atoms with van der Waals surface area (Å²) in [5.74, 6) is 0.0373. The third kappa shape index (κ3) is 6.03. The number of pyridine rings is 1. The summed E-state index contributed by atoms with van der Waals surface area (Å²) in [7, 11) is 0. The minimum atomic E-state index is -0.817. The number of anilines is 1. The Morgan fingerprint density at radius 1 is 1.35 bits per heavy atom. The Hall–Kier alpha value is -3.21. The first-order valence-corrected chi connectivity index (χ1v) is 12.8. The Morgan fingerprint density at radius 3 is 2.97 bits per heavy atom. The smallest absolute Gasteiger partial charge is 0.254 e. The SMILES string of the molecule is O=C(NC[C@H](O)CN1CCc2c(ccc(OCc3cnco3)c2Cl)C1)c1ccnc(NC2CCC2)c1F. The number of fused-ring (bicyclic) bond motifs is 1. The summed E-state index contributed by atoms with van der Waals surface area (Å²) < 4.78 is 25.7. The van der Waals surface area contributed by atoms with E-state index in [1.807, 2.05) is 12.1 Å². The summed E-state index contributed by atoms with van der Waals surface area (Å²) in [5.41, 5.74) is 1.99. The first-order chi connectivity index (χ1) is 18.0. The molecule has 11 heteroatoms. The van der Waals surface area contributed by atoms with Crippen LogP contribution in [0.3, 0.4) is 0 Å². The van der Waals surface area contributed by atoms with Gasteiger partial charge >= 0.3 is 0 Å². The van der Waals surface area contributed by atoms with Crippen LogP contribution >= 0.6 is 11.6 Å². The quantitative estimate of drug-likeness (QED) is 0.365. The van der Waals surface area contributed by atoms with Crippen molar-refractivity contribution in [2.75, 3.05) is 25.0 Å². The highest BCUT2D eigenvalue weighted by Crippen LogP contribution is 2.34. The second kappa shape index (κ2) is 11.5. The fourth-order valence-corrected chi connectivity index (χ4v) is 4.85. The zero-order valence-corrected chi connectivity index (χ0v) is 21.0. The van der Waals surface area contributed by atoms with Gasteiger partial charge in [0.1, 0.15) is 12.4 Å². The van der Waals surface area contributed by atoms with Gasteiger partial charge in [-0.3, -0.25) is 9.69 Å². The maximum Gasteiger partial charge on any atom is 0.254 e. The van der Waals surface area contributed by atoms with Gasteiger partial charge in [-0.05, 0) is 48.9 Å². The van der Waals surface area contributed by atoms with Gasteiger partial charge in [0, 0.05) is 38.4 Å². The number of amides is 1. The maximum absolute atomic E-state index is 14.8. The van der Waals surface area contributed by atoms with Crippen LogP contribution in [0.25, 0.3) is 0 Å².